The molecular formula is C13H24N4O. The Bertz CT molecular complexity index is 392. The molecule has 0 aliphatic heterocycles. The summed E-state index contributed by atoms with van der Waals surface area (Å²) in [5.74, 6) is -0.182. The fourth-order valence-corrected chi connectivity index (χ4v) is 1.87. The van der Waals surface area contributed by atoms with Crippen molar-refractivity contribution in [2.45, 2.75) is 40.7 Å². The number of carbonyl (C=O) groups is 1. The molecule has 3 N–H and O–H groups in total. The van der Waals surface area contributed by atoms with Crippen LogP contribution in [0.25, 0.3) is 0 Å². The Labute approximate surface area is 109 Å². The second kappa shape index (κ2) is 6.00. The number of nitrogens with one attached hydrogen (secondary N) is 1. The number of nitrogens with zero attached hydrogens (tertiary/aromatic N) is 2. The first-order chi connectivity index (χ1) is 8.35. The number of carbonyl (C=O) groups excluding carboxylic acids is 1. The summed E-state index contributed by atoms with van der Waals surface area (Å²) < 4.78 is 1.77. The minimum atomic E-state index is -0.157. The number of hydrogen-bond acceptors (Lipinski definition) is 3. The van der Waals surface area contributed by atoms with Gasteiger partial charge in [-0.25, -0.2) is 0 Å². The van der Waals surface area contributed by atoms with Gasteiger partial charge in [0, 0.05) is 19.3 Å². The van der Waals surface area contributed by atoms with Gasteiger partial charge >= 0.3 is 0 Å². The van der Waals surface area contributed by atoms with Gasteiger partial charge < -0.3 is 11.1 Å². The van der Waals surface area contributed by atoms with E-state index in [9.17, 15) is 4.79 Å². The highest BCUT2D eigenvalue weighted by Gasteiger charge is 2.23. The van der Waals surface area contributed by atoms with Gasteiger partial charge in [0.1, 0.15) is 0 Å². The van der Waals surface area contributed by atoms with E-state index in [-0.39, 0.29) is 17.2 Å². The lowest BCUT2D eigenvalue weighted by atomic mass is 9.84. The lowest BCUT2D eigenvalue weighted by Crippen LogP contribution is -2.32. The van der Waals surface area contributed by atoms with Crippen LogP contribution in [0.15, 0.2) is 12.4 Å². The van der Waals surface area contributed by atoms with E-state index in [1.54, 1.807) is 10.9 Å². The van der Waals surface area contributed by atoms with Gasteiger partial charge in [0.05, 0.1) is 17.8 Å². The Kier molecular flexibility index (Phi) is 4.90. The predicted molar refractivity (Wildman–Crippen MR) is 73.1 cm³/mol. The van der Waals surface area contributed by atoms with Crippen molar-refractivity contribution >= 4 is 11.6 Å². The number of amides is 1. The molecule has 5 heteroatoms. The normalized spacial score (nSPS) is 13.4. The van der Waals surface area contributed by atoms with Gasteiger partial charge in [0.25, 0.3) is 0 Å². The molecule has 0 radical (unpaired) electrons. The molecular weight excluding hydrogens is 228 g/mol. The smallest absolute Gasteiger partial charge is 0.228 e. The zero-order valence-corrected chi connectivity index (χ0v) is 11.7. The maximum atomic E-state index is 12.1. The predicted octanol–water partition coefficient (Wildman–Crippen LogP) is 1.85. The van der Waals surface area contributed by atoms with Gasteiger partial charge in [-0.15, -0.1) is 0 Å². The van der Waals surface area contributed by atoms with E-state index >= 15 is 0 Å². The van der Waals surface area contributed by atoms with Gasteiger partial charge in [-0.05, 0) is 18.8 Å². The molecule has 1 heterocycles. The minimum absolute atomic E-state index is 0.0249. The first-order valence-corrected chi connectivity index (χ1v) is 6.39. The van der Waals surface area contributed by atoms with Crippen molar-refractivity contribution in [3.8, 4) is 0 Å². The molecule has 1 aromatic heterocycles. The van der Waals surface area contributed by atoms with Crippen LogP contribution in [0.4, 0.5) is 5.69 Å². The van der Waals surface area contributed by atoms with Crippen LogP contribution in [-0.4, -0.2) is 22.2 Å². The molecule has 1 aromatic rings. The van der Waals surface area contributed by atoms with E-state index in [0.717, 1.165) is 18.7 Å². The molecule has 0 saturated heterocycles. The largest absolute Gasteiger partial charge is 0.330 e. The molecule has 18 heavy (non-hydrogen) atoms. The quantitative estimate of drug-likeness (QED) is 0.840. The summed E-state index contributed by atoms with van der Waals surface area (Å²) in [6.07, 6.45) is 4.26. The molecule has 5 nitrogen and oxygen atoms in total. The second-order valence-electron chi connectivity index (χ2n) is 5.77. The Balaban J connectivity index is 2.62. The highest BCUT2D eigenvalue weighted by atomic mass is 16.1. The molecule has 0 aromatic carbocycles. The number of anilines is 1. The van der Waals surface area contributed by atoms with Crippen molar-refractivity contribution in [1.82, 2.24) is 9.78 Å². The first-order valence-electron chi connectivity index (χ1n) is 6.39. The average Bonchev–Trinajstić information content (AvgIpc) is 2.72. The number of nitrogens with two attached hydrogens (primary N) is 1. The third kappa shape index (κ3) is 4.49. The zero-order valence-electron chi connectivity index (χ0n) is 11.7. The molecule has 0 aliphatic carbocycles. The maximum absolute atomic E-state index is 12.1. The summed E-state index contributed by atoms with van der Waals surface area (Å²) in [6, 6.07) is 0. The van der Waals surface area contributed by atoms with Crippen molar-refractivity contribution in [2.24, 2.45) is 17.1 Å². The molecule has 0 spiro atoms. The Morgan fingerprint density at radius 3 is 2.67 bits per heavy atom. The Morgan fingerprint density at radius 1 is 1.56 bits per heavy atom. The van der Waals surface area contributed by atoms with Crippen LogP contribution < -0.4 is 11.1 Å². The molecule has 0 saturated carbocycles. The summed E-state index contributed by atoms with van der Waals surface area (Å²) in [4.78, 5) is 12.1. The minimum Gasteiger partial charge on any atom is -0.330 e. The second-order valence-corrected chi connectivity index (χ2v) is 5.77. The third-order valence-corrected chi connectivity index (χ3v) is 2.74. The average molecular weight is 252 g/mol. The van der Waals surface area contributed by atoms with Gasteiger partial charge in [-0.3, -0.25) is 9.48 Å². The van der Waals surface area contributed by atoms with Crippen LogP contribution in [0.5, 0.6) is 0 Å². The topological polar surface area (TPSA) is 72.9 Å². The van der Waals surface area contributed by atoms with E-state index in [0.29, 0.717) is 6.54 Å². The van der Waals surface area contributed by atoms with Crippen LogP contribution in [0.3, 0.4) is 0 Å². The summed E-state index contributed by atoms with van der Waals surface area (Å²) in [6.45, 7) is 9.48. The molecule has 1 atom stereocenters. The van der Waals surface area contributed by atoms with Crippen molar-refractivity contribution in [1.29, 1.82) is 0 Å². The maximum Gasteiger partial charge on any atom is 0.228 e. The lowest BCUT2D eigenvalue weighted by Gasteiger charge is -2.24. The number of aryl methyl sites for hydroxylation is 1. The number of rotatable bonds is 5. The van der Waals surface area contributed by atoms with Crippen molar-refractivity contribution in [3.05, 3.63) is 12.4 Å². The highest BCUT2D eigenvalue weighted by molar-refractivity contribution is 5.92. The number of aromatic nitrogens is 2. The van der Waals surface area contributed by atoms with Crippen LogP contribution in [0, 0.1) is 11.3 Å². The van der Waals surface area contributed by atoms with E-state index in [4.69, 9.17) is 5.73 Å². The summed E-state index contributed by atoms with van der Waals surface area (Å²) >= 11 is 0. The van der Waals surface area contributed by atoms with E-state index in [1.807, 2.05) is 13.1 Å². The van der Waals surface area contributed by atoms with Gasteiger partial charge in [0.2, 0.25) is 5.91 Å². The molecule has 102 valence electrons. The molecule has 0 fully saturated rings. The molecule has 1 rings (SSSR count). The Morgan fingerprint density at radius 2 is 2.22 bits per heavy atom. The first kappa shape index (κ1) is 14.7. The van der Waals surface area contributed by atoms with E-state index < -0.39 is 0 Å². The van der Waals surface area contributed by atoms with Crippen LogP contribution in [-0.2, 0) is 11.3 Å². The van der Waals surface area contributed by atoms with E-state index in [1.165, 1.54) is 0 Å². The fraction of sp³-hybridized carbons (Fsp3) is 0.692. The summed E-state index contributed by atoms with van der Waals surface area (Å²) in [5.41, 5.74) is 6.51. The zero-order chi connectivity index (χ0) is 13.8. The monoisotopic (exact) mass is 252 g/mol. The van der Waals surface area contributed by atoms with Crippen LogP contribution >= 0.6 is 0 Å². The number of hydrogen-bond donors (Lipinski definition) is 2. The lowest BCUT2D eigenvalue weighted by molar-refractivity contribution is -0.120. The third-order valence-electron chi connectivity index (χ3n) is 2.74. The van der Waals surface area contributed by atoms with Gasteiger partial charge in [0.15, 0.2) is 0 Å². The van der Waals surface area contributed by atoms with E-state index in [2.05, 4.69) is 31.2 Å². The molecule has 0 aliphatic rings. The van der Waals surface area contributed by atoms with Crippen molar-refractivity contribution < 1.29 is 4.79 Å². The Hall–Kier alpha value is -1.36. The standard InChI is InChI=1S/C13H24N4O/c1-5-17-9-11(8-15-17)16-12(18)10(7-14)6-13(2,3)4/h8-10H,5-7,14H2,1-4H3,(H,16,18). The van der Waals surface area contributed by atoms with Gasteiger partial charge in [-0.2, -0.15) is 5.10 Å². The van der Waals surface area contributed by atoms with Crippen molar-refractivity contribution in [2.75, 3.05) is 11.9 Å². The molecule has 1 unspecified atom stereocenters. The van der Waals surface area contributed by atoms with Gasteiger partial charge in [-0.1, -0.05) is 20.8 Å². The SMILES string of the molecule is CCn1cc(NC(=O)C(CN)CC(C)(C)C)cn1. The van der Waals surface area contributed by atoms with Crippen LogP contribution in [0.2, 0.25) is 0 Å². The summed E-state index contributed by atoms with van der Waals surface area (Å²) in [5, 5.41) is 6.99. The summed E-state index contributed by atoms with van der Waals surface area (Å²) in [7, 11) is 0. The highest BCUT2D eigenvalue weighted by Crippen LogP contribution is 2.24. The fourth-order valence-electron chi connectivity index (χ4n) is 1.87. The van der Waals surface area contributed by atoms with Crippen LogP contribution in [0.1, 0.15) is 34.1 Å². The molecule has 0 bridgehead atoms. The van der Waals surface area contributed by atoms with Crippen molar-refractivity contribution in [3.63, 3.8) is 0 Å². The molecule has 1 amide bonds.